The molecule has 2 aromatic rings. The van der Waals surface area contributed by atoms with Gasteiger partial charge >= 0.3 is 0 Å². The van der Waals surface area contributed by atoms with Crippen LogP contribution in [0.2, 0.25) is 0 Å². The normalized spacial score (nSPS) is 10.5. The molecule has 0 bridgehead atoms. The molecule has 0 radical (unpaired) electrons. The standard InChI is InChI=1S/C17H21N3O/c1-11(2)19-17(21)13-6-9-16(15(18)10-13)20-14-7-4-12(3)5-8-14/h4-11,20H,18H2,1-3H3,(H,19,21). The number of carbonyl (C=O) groups is 1. The zero-order valence-electron chi connectivity index (χ0n) is 12.6. The summed E-state index contributed by atoms with van der Waals surface area (Å²) in [5.74, 6) is -0.112. The summed E-state index contributed by atoms with van der Waals surface area (Å²) in [6.07, 6.45) is 0. The van der Waals surface area contributed by atoms with Crippen LogP contribution in [-0.2, 0) is 0 Å². The van der Waals surface area contributed by atoms with Crippen molar-refractivity contribution in [2.24, 2.45) is 0 Å². The van der Waals surface area contributed by atoms with Crippen molar-refractivity contribution in [1.82, 2.24) is 5.32 Å². The number of nitrogens with two attached hydrogens (primary N) is 1. The molecule has 0 spiro atoms. The molecule has 0 fully saturated rings. The second kappa shape index (κ2) is 6.31. The Balaban J connectivity index is 2.15. The van der Waals surface area contributed by atoms with Crippen molar-refractivity contribution in [3.8, 4) is 0 Å². The van der Waals surface area contributed by atoms with Gasteiger partial charge < -0.3 is 16.4 Å². The molecule has 2 aromatic carbocycles. The molecule has 0 unspecified atom stereocenters. The van der Waals surface area contributed by atoms with Crippen LogP contribution in [0.25, 0.3) is 0 Å². The van der Waals surface area contributed by atoms with Gasteiger partial charge in [0, 0.05) is 17.3 Å². The predicted molar refractivity (Wildman–Crippen MR) is 87.9 cm³/mol. The Morgan fingerprint density at radius 3 is 2.33 bits per heavy atom. The van der Waals surface area contributed by atoms with Gasteiger partial charge in [0.1, 0.15) is 0 Å². The van der Waals surface area contributed by atoms with Crippen LogP contribution in [0.15, 0.2) is 42.5 Å². The lowest BCUT2D eigenvalue weighted by atomic mass is 10.1. The highest BCUT2D eigenvalue weighted by atomic mass is 16.1. The van der Waals surface area contributed by atoms with Crippen molar-refractivity contribution >= 4 is 23.0 Å². The molecular weight excluding hydrogens is 262 g/mol. The van der Waals surface area contributed by atoms with Crippen molar-refractivity contribution in [1.29, 1.82) is 0 Å². The number of amides is 1. The number of rotatable bonds is 4. The van der Waals surface area contributed by atoms with Gasteiger partial charge in [-0.3, -0.25) is 4.79 Å². The summed E-state index contributed by atoms with van der Waals surface area (Å²) in [6, 6.07) is 13.4. The summed E-state index contributed by atoms with van der Waals surface area (Å²) in [7, 11) is 0. The Bertz CT molecular complexity index is 633. The molecule has 0 heterocycles. The monoisotopic (exact) mass is 283 g/mol. The molecule has 0 aliphatic rings. The van der Waals surface area contributed by atoms with E-state index in [4.69, 9.17) is 5.73 Å². The summed E-state index contributed by atoms with van der Waals surface area (Å²) in [5, 5.41) is 6.10. The Labute approximate surface area is 125 Å². The van der Waals surface area contributed by atoms with Crippen molar-refractivity contribution in [2.75, 3.05) is 11.1 Å². The van der Waals surface area contributed by atoms with Crippen LogP contribution < -0.4 is 16.4 Å². The van der Waals surface area contributed by atoms with Gasteiger partial charge in [-0.25, -0.2) is 0 Å². The smallest absolute Gasteiger partial charge is 0.251 e. The lowest BCUT2D eigenvalue weighted by Gasteiger charge is -2.12. The maximum absolute atomic E-state index is 11.9. The highest BCUT2D eigenvalue weighted by molar-refractivity contribution is 5.96. The van der Waals surface area contributed by atoms with E-state index in [1.807, 2.05) is 51.1 Å². The van der Waals surface area contributed by atoms with Gasteiger partial charge in [0.15, 0.2) is 0 Å². The summed E-state index contributed by atoms with van der Waals surface area (Å²) in [6.45, 7) is 5.89. The minimum absolute atomic E-state index is 0.101. The Morgan fingerprint density at radius 1 is 1.10 bits per heavy atom. The minimum atomic E-state index is -0.112. The van der Waals surface area contributed by atoms with Crippen LogP contribution >= 0.6 is 0 Å². The first-order valence-corrected chi connectivity index (χ1v) is 7.00. The van der Waals surface area contributed by atoms with E-state index in [1.165, 1.54) is 5.56 Å². The highest BCUT2D eigenvalue weighted by Gasteiger charge is 2.09. The van der Waals surface area contributed by atoms with E-state index in [0.717, 1.165) is 11.4 Å². The van der Waals surface area contributed by atoms with E-state index in [1.54, 1.807) is 12.1 Å². The van der Waals surface area contributed by atoms with Crippen molar-refractivity contribution < 1.29 is 4.79 Å². The first-order valence-electron chi connectivity index (χ1n) is 7.00. The topological polar surface area (TPSA) is 67.2 Å². The third-order valence-electron chi connectivity index (χ3n) is 3.06. The molecule has 21 heavy (non-hydrogen) atoms. The van der Waals surface area contributed by atoms with Crippen LogP contribution in [0, 0.1) is 6.92 Å². The van der Waals surface area contributed by atoms with E-state index in [9.17, 15) is 4.79 Å². The van der Waals surface area contributed by atoms with Crippen LogP contribution in [-0.4, -0.2) is 11.9 Å². The largest absolute Gasteiger partial charge is 0.397 e. The number of benzene rings is 2. The fourth-order valence-electron chi connectivity index (χ4n) is 1.96. The van der Waals surface area contributed by atoms with Gasteiger partial charge in [0.25, 0.3) is 5.91 Å². The van der Waals surface area contributed by atoms with E-state index in [0.29, 0.717) is 11.3 Å². The zero-order valence-corrected chi connectivity index (χ0v) is 12.6. The SMILES string of the molecule is Cc1ccc(Nc2ccc(C(=O)NC(C)C)cc2N)cc1. The fraction of sp³-hybridized carbons (Fsp3) is 0.235. The third kappa shape index (κ3) is 3.99. The van der Waals surface area contributed by atoms with Gasteiger partial charge in [0.2, 0.25) is 0 Å². The van der Waals surface area contributed by atoms with Gasteiger partial charge in [-0.2, -0.15) is 0 Å². The average molecular weight is 283 g/mol. The summed E-state index contributed by atoms with van der Waals surface area (Å²) in [5.41, 5.74) is 10.1. The predicted octanol–water partition coefficient (Wildman–Crippen LogP) is 3.46. The summed E-state index contributed by atoms with van der Waals surface area (Å²) < 4.78 is 0. The van der Waals surface area contributed by atoms with Gasteiger partial charge in [-0.05, 0) is 51.1 Å². The second-order valence-corrected chi connectivity index (χ2v) is 5.42. The molecule has 110 valence electrons. The highest BCUT2D eigenvalue weighted by Crippen LogP contribution is 2.24. The molecule has 0 aromatic heterocycles. The van der Waals surface area contributed by atoms with E-state index in [-0.39, 0.29) is 11.9 Å². The van der Waals surface area contributed by atoms with E-state index in [2.05, 4.69) is 10.6 Å². The molecule has 0 atom stereocenters. The number of hydrogen-bond donors (Lipinski definition) is 3. The molecule has 4 nitrogen and oxygen atoms in total. The average Bonchev–Trinajstić information content (AvgIpc) is 2.42. The number of anilines is 3. The van der Waals surface area contributed by atoms with Gasteiger partial charge in [0.05, 0.1) is 11.4 Å². The molecule has 4 N–H and O–H groups in total. The summed E-state index contributed by atoms with van der Waals surface area (Å²) in [4.78, 5) is 11.9. The van der Waals surface area contributed by atoms with Crippen LogP contribution in [0.5, 0.6) is 0 Å². The van der Waals surface area contributed by atoms with Crippen molar-refractivity contribution in [2.45, 2.75) is 26.8 Å². The Morgan fingerprint density at radius 2 is 1.76 bits per heavy atom. The van der Waals surface area contributed by atoms with Gasteiger partial charge in [-0.15, -0.1) is 0 Å². The van der Waals surface area contributed by atoms with E-state index < -0.39 is 0 Å². The fourth-order valence-corrected chi connectivity index (χ4v) is 1.96. The maximum Gasteiger partial charge on any atom is 0.251 e. The first kappa shape index (κ1) is 14.9. The number of aryl methyl sites for hydroxylation is 1. The lowest BCUT2D eigenvalue weighted by Crippen LogP contribution is -2.30. The van der Waals surface area contributed by atoms with Crippen molar-refractivity contribution in [3.63, 3.8) is 0 Å². The van der Waals surface area contributed by atoms with Crippen LogP contribution in [0.1, 0.15) is 29.8 Å². The third-order valence-corrected chi connectivity index (χ3v) is 3.06. The molecule has 4 heteroatoms. The molecule has 0 aliphatic heterocycles. The van der Waals surface area contributed by atoms with Crippen molar-refractivity contribution in [3.05, 3.63) is 53.6 Å². The first-order chi connectivity index (χ1) is 9.95. The number of hydrogen-bond acceptors (Lipinski definition) is 3. The molecular formula is C17H21N3O. The van der Waals surface area contributed by atoms with E-state index >= 15 is 0 Å². The second-order valence-electron chi connectivity index (χ2n) is 5.42. The molecule has 0 saturated heterocycles. The minimum Gasteiger partial charge on any atom is -0.397 e. The zero-order chi connectivity index (χ0) is 15.4. The van der Waals surface area contributed by atoms with Crippen LogP contribution in [0.3, 0.4) is 0 Å². The quantitative estimate of drug-likeness (QED) is 0.753. The molecule has 2 rings (SSSR count). The molecule has 0 aliphatic carbocycles. The maximum atomic E-state index is 11.9. The molecule has 0 saturated carbocycles. The van der Waals surface area contributed by atoms with Crippen LogP contribution in [0.4, 0.5) is 17.1 Å². The number of nitrogens with one attached hydrogen (secondary N) is 2. The Hall–Kier alpha value is -2.49. The number of carbonyl (C=O) groups excluding carboxylic acids is 1. The lowest BCUT2D eigenvalue weighted by molar-refractivity contribution is 0.0943. The Kier molecular flexibility index (Phi) is 4.48. The number of nitrogen functional groups attached to an aromatic ring is 1. The molecule has 1 amide bonds. The summed E-state index contributed by atoms with van der Waals surface area (Å²) >= 11 is 0. The van der Waals surface area contributed by atoms with Gasteiger partial charge in [-0.1, -0.05) is 17.7 Å².